The van der Waals surface area contributed by atoms with E-state index in [-0.39, 0.29) is 6.54 Å². The van der Waals surface area contributed by atoms with E-state index < -0.39 is 10.0 Å². The average Bonchev–Trinajstić information content (AvgIpc) is 2.52. The van der Waals surface area contributed by atoms with Crippen molar-refractivity contribution in [3.63, 3.8) is 0 Å². The van der Waals surface area contributed by atoms with Gasteiger partial charge in [-0.1, -0.05) is 30.0 Å². The van der Waals surface area contributed by atoms with Gasteiger partial charge in [0.25, 0.3) is 0 Å². The zero-order chi connectivity index (χ0) is 16.0. The van der Waals surface area contributed by atoms with Crippen molar-refractivity contribution in [1.82, 2.24) is 0 Å². The molecule has 0 aliphatic carbocycles. The second-order valence-electron chi connectivity index (χ2n) is 4.64. The van der Waals surface area contributed by atoms with E-state index >= 15 is 0 Å². The highest BCUT2D eigenvalue weighted by atomic mass is 32.2. The normalized spacial score (nSPS) is 10.5. The third-order valence-corrected chi connectivity index (χ3v) is 4.13. The molecule has 5 heteroatoms. The second kappa shape index (κ2) is 7.01. The van der Waals surface area contributed by atoms with Crippen LogP contribution in [0.5, 0.6) is 5.75 Å². The van der Waals surface area contributed by atoms with Crippen LogP contribution >= 0.6 is 0 Å². The van der Waals surface area contributed by atoms with Crippen molar-refractivity contribution in [3.8, 4) is 17.6 Å². The number of benzene rings is 2. The fourth-order valence-electron chi connectivity index (χ4n) is 1.88. The number of hydrogen-bond donors (Lipinski definition) is 0. The van der Waals surface area contributed by atoms with Crippen molar-refractivity contribution in [2.75, 3.05) is 24.2 Å². The van der Waals surface area contributed by atoms with E-state index in [2.05, 4.69) is 11.8 Å². The van der Waals surface area contributed by atoms with Gasteiger partial charge in [0, 0.05) is 5.56 Å². The van der Waals surface area contributed by atoms with Crippen molar-refractivity contribution in [2.24, 2.45) is 0 Å². The van der Waals surface area contributed by atoms with Crippen LogP contribution in [0.25, 0.3) is 0 Å². The number of para-hydroxylation sites is 1. The molecule has 0 unspecified atom stereocenters. The molecule has 0 saturated carbocycles. The molecule has 0 heterocycles. The van der Waals surface area contributed by atoms with Crippen LogP contribution < -0.4 is 9.04 Å². The molecule has 0 atom stereocenters. The molecule has 0 radical (unpaired) electrons. The highest BCUT2D eigenvalue weighted by Crippen LogP contribution is 2.16. The number of methoxy groups -OCH3 is 1. The van der Waals surface area contributed by atoms with E-state index in [1.807, 2.05) is 30.3 Å². The summed E-state index contributed by atoms with van der Waals surface area (Å²) in [6.07, 6.45) is 1.18. The molecule has 0 aliphatic rings. The van der Waals surface area contributed by atoms with Gasteiger partial charge in [-0.15, -0.1) is 0 Å². The number of rotatable bonds is 4. The first kappa shape index (κ1) is 15.9. The Morgan fingerprint density at radius 2 is 1.68 bits per heavy atom. The molecule has 0 aromatic heterocycles. The van der Waals surface area contributed by atoms with Gasteiger partial charge in [-0.25, -0.2) is 8.42 Å². The minimum absolute atomic E-state index is 0.106. The summed E-state index contributed by atoms with van der Waals surface area (Å²) in [5.41, 5.74) is 1.41. The van der Waals surface area contributed by atoms with Gasteiger partial charge in [-0.3, -0.25) is 4.31 Å². The van der Waals surface area contributed by atoms with Gasteiger partial charge in [0.05, 0.1) is 25.6 Å². The molecule has 0 amide bonds. The van der Waals surface area contributed by atoms with Crippen molar-refractivity contribution in [3.05, 3.63) is 60.2 Å². The predicted molar refractivity (Wildman–Crippen MR) is 88.5 cm³/mol. The number of nitrogens with zero attached hydrogens (tertiary/aromatic N) is 1. The monoisotopic (exact) mass is 315 g/mol. The number of sulfonamides is 1. The van der Waals surface area contributed by atoms with E-state index in [1.54, 1.807) is 31.4 Å². The summed E-state index contributed by atoms with van der Waals surface area (Å²) in [4.78, 5) is 0. The van der Waals surface area contributed by atoms with Crippen LogP contribution in [0.1, 0.15) is 5.56 Å². The van der Waals surface area contributed by atoms with E-state index in [1.165, 1.54) is 10.6 Å². The molecular weight excluding hydrogens is 298 g/mol. The molecule has 114 valence electrons. The molecule has 2 aromatic carbocycles. The van der Waals surface area contributed by atoms with E-state index in [0.717, 1.165) is 11.3 Å². The van der Waals surface area contributed by atoms with Crippen LogP contribution in [0, 0.1) is 11.8 Å². The topological polar surface area (TPSA) is 46.6 Å². The Morgan fingerprint density at radius 1 is 1.05 bits per heavy atom. The first-order valence-corrected chi connectivity index (χ1v) is 8.51. The quantitative estimate of drug-likeness (QED) is 0.815. The molecule has 0 fully saturated rings. The summed E-state index contributed by atoms with van der Waals surface area (Å²) in [7, 11) is -1.77. The lowest BCUT2D eigenvalue weighted by Gasteiger charge is -2.19. The summed E-state index contributed by atoms with van der Waals surface area (Å²) >= 11 is 0. The molecule has 0 saturated heterocycles. The van der Waals surface area contributed by atoms with Crippen molar-refractivity contribution in [2.45, 2.75) is 0 Å². The first-order valence-electron chi connectivity index (χ1n) is 6.66. The van der Waals surface area contributed by atoms with Gasteiger partial charge < -0.3 is 4.74 Å². The fraction of sp³-hybridized carbons (Fsp3) is 0.176. The lowest BCUT2D eigenvalue weighted by atomic mass is 10.2. The van der Waals surface area contributed by atoms with Gasteiger partial charge in [0.2, 0.25) is 10.0 Å². The molecule has 0 N–H and O–H groups in total. The van der Waals surface area contributed by atoms with E-state index in [0.29, 0.717) is 5.69 Å². The van der Waals surface area contributed by atoms with Crippen LogP contribution in [-0.2, 0) is 10.0 Å². The van der Waals surface area contributed by atoms with Crippen LogP contribution in [0.4, 0.5) is 5.69 Å². The van der Waals surface area contributed by atoms with Crippen LogP contribution in [0.2, 0.25) is 0 Å². The van der Waals surface area contributed by atoms with Crippen molar-refractivity contribution >= 4 is 15.7 Å². The van der Waals surface area contributed by atoms with Gasteiger partial charge >= 0.3 is 0 Å². The van der Waals surface area contributed by atoms with Crippen molar-refractivity contribution in [1.29, 1.82) is 0 Å². The Bertz CT molecular complexity index is 772. The second-order valence-corrected chi connectivity index (χ2v) is 6.54. The standard InChI is InChI=1S/C17H17NO3S/c1-21-17-12-10-15(11-13-17)7-6-14-18(22(2,19)20)16-8-4-3-5-9-16/h3-5,8-13H,14H2,1-2H3. The Morgan fingerprint density at radius 3 is 2.23 bits per heavy atom. The molecule has 0 bridgehead atoms. The molecule has 0 spiro atoms. The third-order valence-electron chi connectivity index (χ3n) is 2.99. The highest BCUT2D eigenvalue weighted by Gasteiger charge is 2.15. The van der Waals surface area contributed by atoms with Gasteiger partial charge in [0.15, 0.2) is 0 Å². The Balaban J connectivity index is 2.18. The summed E-state index contributed by atoms with van der Waals surface area (Å²) in [5, 5.41) is 0. The number of ether oxygens (including phenoxy) is 1. The zero-order valence-corrected chi connectivity index (χ0v) is 13.3. The van der Waals surface area contributed by atoms with Crippen LogP contribution in [0.3, 0.4) is 0 Å². The SMILES string of the molecule is COc1ccc(C#CCN(c2ccccc2)S(C)(=O)=O)cc1. The van der Waals surface area contributed by atoms with Gasteiger partial charge in [-0.05, 0) is 36.4 Å². The Labute approximate surface area is 131 Å². The average molecular weight is 315 g/mol. The van der Waals surface area contributed by atoms with E-state index in [4.69, 9.17) is 4.74 Å². The van der Waals surface area contributed by atoms with Crippen LogP contribution in [-0.4, -0.2) is 28.3 Å². The van der Waals surface area contributed by atoms with E-state index in [9.17, 15) is 8.42 Å². The minimum Gasteiger partial charge on any atom is -0.497 e. The predicted octanol–water partition coefficient (Wildman–Crippen LogP) is 2.51. The molecule has 22 heavy (non-hydrogen) atoms. The summed E-state index contributed by atoms with van der Waals surface area (Å²) in [5.74, 6) is 6.61. The first-order chi connectivity index (χ1) is 10.5. The summed E-state index contributed by atoms with van der Waals surface area (Å²) < 4.78 is 30.2. The molecular formula is C17H17NO3S. The smallest absolute Gasteiger partial charge is 0.233 e. The molecule has 0 aliphatic heterocycles. The highest BCUT2D eigenvalue weighted by molar-refractivity contribution is 7.92. The molecule has 2 rings (SSSR count). The summed E-state index contributed by atoms with van der Waals surface area (Å²) in [6, 6.07) is 16.2. The Hall–Kier alpha value is -2.45. The molecule has 4 nitrogen and oxygen atoms in total. The third kappa shape index (κ3) is 4.27. The summed E-state index contributed by atoms with van der Waals surface area (Å²) in [6.45, 7) is 0.106. The lowest BCUT2D eigenvalue weighted by molar-refractivity contribution is 0.415. The zero-order valence-electron chi connectivity index (χ0n) is 12.5. The number of hydrogen-bond acceptors (Lipinski definition) is 3. The lowest BCUT2D eigenvalue weighted by Crippen LogP contribution is -2.30. The maximum Gasteiger partial charge on any atom is 0.233 e. The largest absolute Gasteiger partial charge is 0.497 e. The minimum atomic E-state index is -3.37. The molecule has 2 aromatic rings. The van der Waals surface area contributed by atoms with Crippen LogP contribution in [0.15, 0.2) is 54.6 Å². The fourth-order valence-corrected chi connectivity index (χ4v) is 2.69. The van der Waals surface area contributed by atoms with Gasteiger partial charge in [0.1, 0.15) is 5.75 Å². The van der Waals surface area contributed by atoms with Gasteiger partial charge in [-0.2, -0.15) is 0 Å². The number of anilines is 1. The maximum absolute atomic E-state index is 11.9. The van der Waals surface area contributed by atoms with Crippen molar-refractivity contribution < 1.29 is 13.2 Å². The maximum atomic E-state index is 11.9. The Kier molecular flexibility index (Phi) is 5.08.